The van der Waals surface area contributed by atoms with Gasteiger partial charge in [0.2, 0.25) is 5.16 Å². The van der Waals surface area contributed by atoms with Gasteiger partial charge in [-0.05, 0) is 48.6 Å². The second-order valence-electron chi connectivity index (χ2n) is 5.58. The molecule has 0 saturated heterocycles. The molecule has 9 heteroatoms. The number of halogens is 2. The summed E-state index contributed by atoms with van der Waals surface area (Å²) in [7, 11) is 0. The third kappa shape index (κ3) is 5.19. The fraction of sp³-hybridized carbons (Fsp3) is 0.211. The Morgan fingerprint density at radius 3 is 2.68 bits per heavy atom. The molecule has 0 saturated carbocycles. The Bertz CT molecular complexity index is 961. The maximum Gasteiger partial charge on any atom is 0.211 e. The van der Waals surface area contributed by atoms with Crippen LogP contribution in [0.5, 0.6) is 11.5 Å². The first-order chi connectivity index (χ1) is 13.6. The summed E-state index contributed by atoms with van der Waals surface area (Å²) in [5.74, 6) is 1.05. The van der Waals surface area contributed by atoms with E-state index in [2.05, 4.69) is 15.3 Å². The lowest BCUT2D eigenvalue weighted by molar-refractivity contribution is 0.269. The fourth-order valence-corrected chi connectivity index (χ4v) is 3.17. The second-order valence-corrected chi connectivity index (χ2v) is 7.20. The van der Waals surface area contributed by atoms with Gasteiger partial charge in [0, 0.05) is 5.02 Å². The minimum atomic E-state index is 0.349. The summed E-state index contributed by atoms with van der Waals surface area (Å²) in [5, 5.41) is 14.0. The summed E-state index contributed by atoms with van der Waals surface area (Å²) in [6.45, 7) is 2.73. The Morgan fingerprint density at radius 1 is 1.18 bits per heavy atom. The smallest absolute Gasteiger partial charge is 0.211 e. The van der Waals surface area contributed by atoms with E-state index in [0.717, 1.165) is 11.1 Å². The van der Waals surface area contributed by atoms with E-state index in [1.54, 1.807) is 17.0 Å². The predicted molar refractivity (Wildman–Crippen MR) is 113 cm³/mol. The van der Waals surface area contributed by atoms with Gasteiger partial charge in [-0.3, -0.25) is 0 Å². The van der Waals surface area contributed by atoms with E-state index in [1.165, 1.54) is 18.1 Å². The van der Waals surface area contributed by atoms with Crippen molar-refractivity contribution < 1.29 is 9.47 Å². The monoisotopic (exact) mass is 436 g/mol. The summed E-state index contributed by atoms with van der Waals surface area (Å²) in [5.41, 5.74) is 1.75. The molecule has 0 aliphatic heterocycles. The van der Waals surface area contributed by atoms with Gasteiger partial charge in [-0.25, -0.2) is 0 Å². The summed E-state index contributed by atoms with van der Waals surface area (Å²) in [6, 6.07) is 11.0. The van der Waals surface area contributed by atoms with Crippen LogP contribution in [0.2, 0.25) is 10.0 Å². The van der Waals surface area contributed by atoms with Gasteiger partial charge in [0.15, 0.2) is 11.5 Å². The molecule has 0 N–H and O–H groups in total. The summed E-state index contributed by atoms with van der Waals surface area (Å²) < 4.78 is 13.2. The summed E-state index contributed by atoms with van der Waals surface area (Å²) >= 11 is 13.8. The zero-order chi connectivity index (χ0) is 19.9. The Kier molecular flexibility index (Phi) is 7.19. The van der Waals surface area contributed by atoms with Crippen molar-refractivity contribution in [3.05, 3.63) is 63.9 Å². The summed E-state index contributed by atoms with van der Waals surface area (Å²) in [4.78, 5) is 0. The Hall–Kier alpha value is -2.22. The third-order valence-corrected chi connectivity index (χ3v) is 4.81. The van der Waals surface area contributed by atoms with Gasteiger partial charge in [0.25, 0.3) is 0 Å². The number of nitrogens with zero attached hydrogens (tertiary/aromatic N) is 4. The molecular formula is C19H18Cl2N4O2S. The van der Waals surface area contributed by atoms with Crippen LogP contribution in [0.1, 0.15) is 18.1 Å². The topological polar surface area (TPSA) is 61.5 Å². The first-order valence-electron chi connectivity index (χ1n) is 8.42. The highest BCUT2D eigenvalue weighted by Crippen LogP contribution is 2.37. The Labute approximate surface area is 177 Å². The summed E-state index contributed by atoms with van der Waals surface area (Å²) in [6.07, 6.45) is 5.12. The van der Waals surface area contributed by atoms with E-state index < -0.39 is 0 Å². The molecule has 0 aliphatic carbocycles. The van der Waals surface area contributed by atoms with Crippen LogP contribution in [0.15, 0.2) is 53.0 Å². The highest BCUT2D eigenvalue weighted by Gasteiger charge is 2.13. The van der Waals surface area contributed by atoms with Crippen LogP contribution in [0.3, 0.4) is 0 Å². The number of benzene rings is 2. The first-order valence-corrected chi connectivity index (χ1v) is 10.4. The SMILES string of the molecule is CCOc1cc(/C=N\n2cnnc2SC)cc(Cl)c1OCc1ccc(Cl)cc1. The molecule has 0 bridgehead atoms. The Balaban J connectivity index is 1.82. The van der Waals surface area contributed by atoms with Gasteiger partial charge >= 0.3 is 0 Å². The van der Waals surface area contributed by atoms with E-state index in [-0.39, 0.29) is 0 Å². The van der Waals surface area contributed by atoms with Crippen molar-refractivity contribution >= 4 is 41.2 Å². The Morgan fingerprint density at radius 2 is 1.96 bits per heavy atom. The molecule has 1 aromatic heterocycles. The van der Waals surface area contributed by atoms with Crippen LogP contribution in [-0.4, -0.2) is 34.0 Å². The van der Waals surface area contributed by atoms with Crippen molar-refractivity contribution in [3.8, 4) is 11.5 Å². The van der Waals surface area contributed by atoms with E-state index in [1.807, 2.05) is 43.5 Å². The third-order valence-electron chi connectivity index (χ3n) is 3.64. The standard InChI is InChI=1S/C19H18Cl2N4O2S/c1-3-26-17-9-14(10-23-25-12-22-24-19(25)28-2)8-16(21)18(17)27-11-13-4-6-15(20)7-5-13/h4-10,12H,3,11H2,1-2H3/b23-10-. The molecule has 0 fully saturated rings. The average molecular weight is 437 g/mol. The van der Waals surface area contributed by atoms with Crippen molar-refractivity contribution in [1.29, 1.82) is 0 Å². The lowest BCUT2D eigenvalue weighted by Gasteiger charge is -2.14. The zero-order valence-electron chi connectivity index (χ0n) is 15.3. The molecule has 0 unspecified atom stereocenters. The van der Waals surface area contributed by atoms with E-state index in [0.29, 0.717) is 39.9 Å². The molecule has 3 rings (SSSR count). The molecular weight excluding hydrogens is 419 g/mol. The number of ether oxygens (including phenoxy) is 2. The first kappa shape index (κ1) is 20.5. The van der Waals surface area contributed by atoms with Crippen molar-refractivity contribution in [3.63, 3.8) is 0 Å². The zero-order valence-corrected chi connectivity index (χ0v) is 17.6. The van der Waals surface area contributed by atoms with E-state index >= 15 is 0 Å². The highest BCUT2D eigenvalue weighted by molar-refractivity contribution is 7.98. The lowest BCUT2D eigenvalue weighted by Crippen LogP contribution is -2.01. The number of aromatic nitrogens is 3. The maximum absolute atomic E-state index is 6.46. The van der Waals surface area contributed by atoms with Crippen LogP contribution < -0.4 is 9.47 Å². The van der Waals surface area contributed by atoms with E-state index in [4.69, 9.17) is 32.7 Å². The molecule has 6 nitrogen and oxygen atoms in total. The lowest BCUT2D eigenvalue weighted by atomic mass is 10.2. The van der Waals surface area contributed by atoms with Gasteiger partial charge in [0.05, 0.1) is 17.8 Å². The second kappa shape index (κ2) is 9.82. The molecule has 0 aliphatic rings. The molecule has 0 amide bonds. The molecule has 146 valence electrons. The van der Waals surface area contributed by atoms with Gasteiger partial charge in [-0.15, -0.1) is 10.2 Å². The quantitative estimate of drug-likeness (QED) is 0.360. The molecule has 0 spiro atoms. The van der Waals surface area contributed by atoms with Crippen LogP contribution >= 0.6 is 35.0 Å². The predicted octanol–water partition coefficient (Wildman–Crippen LogP) is 5.17. The molecule has 28 heavy (non-hydrogen) atoms. The fourth-order valence-electron chi connectivity index (χ4n) is 2.36. The van der Waals surface area contributed by atoms with Crippen molar-refractivity contribution in [2.45, 2.75) is 18.7 Å². The normalized spacial score (nSPS) is 11.1. The van der Waals surface area contributed by atoms with Gasteiger partial charge in [-0.2, -0.15) is 9.78 Å². The number of hydrogen-bond donors (Lipinski definition) is 0. The van der Waals surface area contributed by atoms with Gasteiger partial charge in [-0.1, -0.05) is 47.1 Å². The molecule has 0 atom stereocenters. The molecule has 1 heterocycles. The van der Waals surface area contributed by atoms with E-state index in [9.17, 15) is 0 Å². The number of thioether (sulfide) groups is 1. The van der Waals surface area contributed by atoms with Crippen LogP contribution in [0.4, 0.5) is 0 Å². The van der Waals surface area contributed by atoms with Gasteiger partial charge < -0.3 is 9.47 Å². The average Bonchev–Trinajstić information content (AvgIpc) is 3.15. The van der Waals surface area contributed by atoms with Crippen LogP contribution in [-0.2, 0) is 6.61 Å². The maximum atomic E-state index is 6.46. The van der Waals surface area contributed by atoms with Crippen molar-refractivity contribution in [1.82, 2.24) is 14.9 Å². The van der Waals surface area contributed by atoms with Crippen LogP contribution in [0.25, 0.3) is 0 Å². The van der Waals surface area contributed by atoms with Gasteiger partial charge in [0.1, 0.15) is 12.9 Å². The molecule has 0 radical (unpaired) electrons. The number of rotatable bonds is 8. The van der Waals surface area contributed by atoms with Crippen LogP contribution in [0, 0.1) is 0 Å². The van der Waals surface area contributed by atoms with Crippen molar-refractivity contribution in [2.75, 3.05) is 12.9 Å². The van der Waals surface area contributed by atoms with Crippen molar-refractivity contribution in [2.24, 2.45) is 5.10 Å². The highest BCUT2D eigenvalue weighted by atomic mass is 35.5. The minimum Gasteiger partial charge on any atom is -0.490 e. The molecule has 2 aromatic carbocycles. The molecule has 3 aromatic rings. The largest absolute Gasteiger partial charge is 0.490 e. The number of hydrogen-bond acceptors (Lipinski definition) is 6. The minimum absolute atomic E-state index is 0.349.